The molecule has 5 heteroatoms. The Hall–Kier alpha value is -2.66. The molecule has 0 spiro atoms. The number of rotatable bonds is 38. The van der Waals surface area contributed by atoms with E-state index in [0.717, 1.165) is 77.0 Å². The molecular weight excluding hydrogens is 645 g/mol. The molecule has 0 aliphatic rings. The van der Waals surface area contributed by atoms with Crippen LogP contribution in [0.2, 0.25) is 0 Å². The van der Waals surface area contributed by atoms with E-state index >= 15 is 0 Å². The zero-order valence-electron chi connectivity index (χ0n) is 33.8. The van der Waals surface area contributed by atoms with Crippen LogP contribution in [0, 0.1) is 0 Å². The van der Waals surface area contributed by atoms with Crippen molar-refractivity contribution in [3.8, 4) is 0 Å². The number of ether oxygens (including phenoxy) is 2. The zero-order chi connectivity index (χ0) is 37.8. The Morgan fingerprint density at radius 2 is 0.827 bits per heavy atom. The second kappa shape index (κ2) is 42.8. The molecule has 1 N–H and O–H groups in total. The number of carbonyl (C=O) groups is 2. The van der Waals surface area contributed by atoms with Crippen molar-refractivity contribution < 1.29 is 24.2 Å². The molecule has 0 aromatic heterocycles. The lowest BCUT2D eigenvalue weighted by Gasteiger charge is -2.15. The number of carbonyl (C=O) groups excluding carboxylic acids is 2. The minimum absolute atomic E-state index is 0.0833. The van der Waals surface area contributed by atoms with Crippen LogP contribution in [0.1, 0.15) is 194 Å². The first-order chi connectivity index (χ1) is 25.6. The van der Waals surface area contributed by atoms with Crippen molar-refractivity contribution in [3.63, 3.8) is 0 Å². The van der Waals surface area contributed by atoms with Gasteiger partial charge in [-0.3, -0.25) is 9.59 Å². The largest absolute Gasteiger partial charge is 0.462 e. The number of hydrogen-bond donors (Lipinski definition) is 1. The summed E-state index contributed by atoms with van der Waals surface area (Å²) in [4.78, 5) is 24.3. The fourth-order valence-corrected chi connectivity index (χ4v) is 5.75. The van der Waals surface area contributed by atoms with Crippen LogP contribution >= 0.6 is 0 Å². The van der Waals surface area contributed by atoms with Gasteiger partial charge in [0.2, 0.25) is 0 Å². The summed E-state index contributed by atoms with van der Waals surface area (Å²) in [5.41, 5.74) is 0. The van der Waals surface area contributed by atoms with Crippen LogP contribution in [-0.4, -0.2) is 36.4 Å². The lowest BCUT2D eigenvalue weighted by Crippen LogP contribution is -2.28. The molecular formula is C47H80O5. The Kier molecular flexibility index (Phi) is 40.6. The summed E-state index contributed by atoms with van der Waals surface area (Å²) < 4.78 is 10.6. The van der Waals surface area contributed by atoms with E-state index in [1.165, 1.54) is 89.9 Å². The second-order valence-corrected chi connectivity index (χ2v) is 14.0. The minimum atomic E-state index is -0.793. The fraction of sp³-hybridized carbons (Fsp3) is 0.702. The molecule has 52 heavy (non-hydrogen) atoms. The third-order valence-corrected chi connectivity index (χ3v) is 8.98. The third-order valence-electron chi connectivity index (χ3n) is 8.98. The van der Waals surface area contributed by atoms with Crippen LogP contribution in [0.5, 0.6) is 0 Å². The molecule has 0 amide bonds. The summed E-state index contributed by atoms with van der Waals surface area (Å²) >= 11 is 0. The molecule has 0 fully saturated rings. The molecule has 0 aromatic carbocycles. The van der Waals surface area contributed by atoms with E-state index < -0.39 is 6.10 Å². The summed E-state index contributed by atoms with van der Waals surface area (Å²) in [6, 6.07) is 0. The van der Waals surface area contributed by atoms with E-state index in [-0.39, 0.29) is 25.2 Å². The molecule has 0 aromatic rings. The van der Waals surface area contributed by atoms with Gasteiger partial charge in [0, 0.05) is 12.8 Å². The average Bonchev–Trinajstić information content (AvgIpc) is 3.15. The maximum atomic E-state index is 12.2. The first-order valence-electron chi connectivity index (χ1n) is 21.5. The van der Waals surface area contributed by atoms with Gasteiger partial charge in [-0.15, -0.1) is 0 Å². The van der Waals surface area contributed by atoms with Crippen molar-refractivity contribution in [3.05, 3.63) is 72.9 Å². The first-order valence-corrected chi connectivity index (χ1v) is 21.5. The lowest BCUT2D eigenvalue weighted by atomic mass is 10.1. The molecule has 5 nitrogen and oxygen atoms in total. The highest BCUT2D eigenvalue weighted by Gasteiger charge is 2.16. The maximum Gasteiger partial charge on any atom is 0.306 e. The molecule has 0 radical (unpaired) electrons. The van der Waals surface area contributed by atoms with E-state index in [2.05, 4.69) is 86.8 Å². The van der Waals surface area contributed by atoms with Crippen LogP contribution in [0.4, 0.5) is 0 Å². The van der Waals surface area contributed by atoms with Gasteiger partial charge in [-0.1, -0.05) is 170 Å². The van der Waals surface area contributed by atoms with Crippen molar-refractivity contribution in [2.24, 2.45) is 0 Å². The van der Waals surface area contributed by atoms with Crippen LogP contribution in [0.3, 0.4) is 0 Å². The van der Waals surface area contributed by atoms with Gasteiger partial charge in [-0.25, -0.2) is 0 Å². The van der Waals surface area contributed by atoms with Gasteiger partial charge in [-0.05, 0) is 83.5 Å². The molecule has 0 bridgehead atoms. The Morgan fingerprint density at radius 3 is 1.29 bits per heavy atom. The minimum Gasteiger partial charge on any atom is -0.462 e. The molecule has 0 rings (SSSR count). The normalized spacial score (nSPS) is 12.9. The van der Waals surface area contributed by atoms with Gasteiger partial charge in [0.05, 0.1) is 6.61 Å². The van der Waals surface area contributed by atoms with E-state index in [9.17, 15) is 14.7 Å². The predicted octanol–water partition coefficient (Wildman–Crippen LogP) is 13.7. The Bertz CT molecular complexity index is 957. The van der Waals surface area contributed by atoms with E-state index in [4.69, 9.17) is 9.47 Å². The third kappa shape index (κ3) is 40.1. The highest BCUT2D eigenvalue weighted by Crippen LogP contribution is 2.13. The van der Waals surface area contributed by atoms with Crippen LogP contribution in [-0.2, 0) is 19.1 Å². The maximum absolute atomic E-state index is 12.2. The van der Waals surface area contributed by atoms with E-state index in [1.54, 1.807) is 0 Å². The predicted molar refractivity (Wildman–Crippen MR) is 223 cm³/mol. The molecule has 0 aliphatic heterocycles. The topological polar surface area (TPSA) is 72.8 Å². The summed E-state index contributed by atoms with van der Waals surface area (Å²) in [5.74, 6) is -0.633. The Balaban J connectivity index is 3.62. The second-order valence-electron chi connectivity index (χ2n) is 14.0. The summed E-state index contributed by atoms with van der Waals surface area (Å²) in [5, 5.41) is 9.58. The van der Waals surface area contributed by atoms with Gasteiger partial charge in [0.25, 0.3) is 0 Å². The summed E-state index contributed by atoms with van der Waals surface area (Å²) in [7, 11) is 0. The van der Waals surface area contributed by atoms with E-state index in [0.29, 0.717) is 12.8 Å². The van der Waals surface area contributed by atoms with Crippen LogP contribution < -0.4 is 0 Å². The number of unbranched alkanes of at least 4 members (excludes halogenated alkanes) is 18. The van der Waals surface area contributed by atoms with Crippen LogP contribution in [0.25, 0.3) is 0 Å². The molecule has 0 saturated carbocycles. The highest BCUT2D eigenvalue weighted by molar-refractivity contribution is 5.70. The number of aliphatic hydroxyl groups is 1. The summed E-state index contributed by atoms with van der Waals surface area (Å²) in [6.07, 6.45) is 56.8. The molecule has 298 valence electrons. The first kappa shape index (κ1) is 49.3. The molecule has 0 saturated heterocycles. The van der Waals surface area contributed by atoms with Crippen molar-refractivity contribution in [2.45, 2.75) is 200 Å². The summed E-state index contributed by atoms with van der Waals surface area (Å²) in [6.45, 7) is 3.99. The monoisotopic (exact) mass is 725 g/mol. The zero-order valence-corrected chi connectivity index (χ0v) is 33.8. The molecule has 0 heterocycles. The number of allylic oxidation sites excluding steroid dienone is 12. The number of hydrogen-bond acceptors (Lipinski definition) is 5. The molecule has 0 aliphatic carbocycles. The van der Waals surface area contributed by atoms with Crippen molar-refractivity contribution in [1.82, 2.24) is 0 Å². The molecule has 1 atom stereocenters. The quantitative estimate of drug-likeness (QED) is 0.0390. The van der Waals surface area contributed by atoms with Gasteiger partial charge in [0.1, 0.15) is 6.61 Å². The number of aliphatic hydroxyl groups excluding tert-OH is 1. The standard InChI is InChI=1S/C47H80O5/c1-3-5-7-9-11-13-15-17-19-21-23-25-27-29-31-33-35-37-39-41-46(49)51-44-45(43-48)52-47(50)42-40-38-36-34-32-30-28-26-24-22-20-18-16-14-12-10-8-6-4-2/h6,8,12,14,17-20,24,26,30,32,45,48H,3-5,7,9-11,13,15-16,21-23,25,27-29,31,33-44H2,1-2H3/t45-/m0/s1. The van der Waals surface area contributed by atoms with Gasteiger partial charge in [-0.2, -0.15) is 0 Å². The van der Waals surface area contributed by atoms with Crippen molar-refractivity contribution in [2.75, 3.05) is 13.2 Å². The van der Waals surface area contributed by atoms with E-state index in [1.807, 2.05) is 0 Å². The smallest absolute Gasteiger partial charge is 0.306 e. The molecule has 0 unspecified atom stereocenters. The van der Waals surface area contributed by atoms with Gasteiger partial charge >= 0.3 is 11.9 Å². The van der Waals surface area contributed by atoms with Crippen LogP contribution in [0.15, 0.2) is 72.9 Å². The number of esters is 2. The average molecular weight is 725 g/mol. The SMILES string of the molecule is CCC=CCC=CCC=CCC=CCC=CCCCCCC(=O)O[C@@H](CO)COC(=O)CCCCCCCCCCCC=CCCCCCCCC. The van der Waals surface area contributed by atoms with Crippen molar-refractivity contribution in [1.29, 1.82) is 0 Å². The Labute approximate surface area is 321 Å². The fourth-order valence-electron chi connectivity index (χ4n) is 5.75. The van der Waals surface area contributed by atoms with Gasteiger partial charge in [0.15, 0.2) is 6.10 Å². The highest BCUT2D eigenvalue weighted by atomic mass is 16.6. The Morgan fingerprint density at radius 1 is 0.462 bits per heavy atom. The lowest BCUT2D eigenvalue weighted by molar-refractivity contribution is -0.161. The van der Waals surface area contributed by atoms with Crippen molar-refractivity contribution >= 4 is 11.9 Å². The van der Waals surface area contributed by atoms with Gasteiger partial charge < -0.3 is 14.6 Å².